The van der Waals surface area contributed by atoms with E-state index in [4.69, 9.17) is 9.68 Å². The van der Waals surface area contributed by atoms with Gasteiger partial charge in [0.25, 0.3) is 0 Å². The highest BCUT2D eigenvalue weighted by atomic mass is 16.4. The van der Waals surface area contributed by atoms with E-state index in [2.05, 4.69) is 10.2 Å². The van der Waals surface area contributed by atoms with Crippen molar-refractivity contribution >= 4 is 0 Å². The van der Waals surface area contributed by atoms with Crippen LogP contribution >= 0.6 is 0 Å². The fraction of sp³-hybridized carbons (Fsp3) is 0. The van der Waals surface area contributed by atoms with Crippen molar-refractivity contribution in [3.63, 3.8) is 0 Å². The van der Waals surface area contributed by atoms with Crippen LogP contribution in [0.4, 0.5) is 0 Å². The largest absolute Gasteiger partial charge is 0.423 e. The van der Waals surface area contributed by atoms with Gasteiger partial charge in [-0.1, -0.05) is 6.07 Å². The van der Waals surface area contributed by atoms with Gasteiger partial charge in [0.05, 0.1) is 11.6 Å². The maximum Gasteiger partial charge on any atom is 0.247 e. The van der Waals surface area contributed by atoms with E-state index in [0.717, 1.165) is 5.56 Å². The summed E-state index contributed by atoms with van der Waals surface area (Å²) in [4.78, 5) is 0. The molecular formula is C9H5N3O. The molecule has 0 saturated heterocycles. The van der Waals surface area contributed by atoms with Gasteiger partial charge in [-0.05, 0) is 18.2 Å². The molecule has 4 nitrogen and oxygen atoms in total. The van der Waals surface area contributed by atoms with E-state index in [1.807, 2.05) is 12.1 Å². The molecule has 1 aromatic carbocycles. The molecule has 1 heterocycles. The van der Waals surface area contributed by atoms with E-state index >= 15 is 0 Å². The van der Waals surface area contributed by atoms with Gasteiger partial charge in [-0.3, -0.25) is 0 Å². The van der Waals surface area contributed by atoms with Gasteiger partial charge in [-0.2, -0.15) is 5.26 Å². The van der Waals surface area contributed by atoms with Gasteiger partial charge < -0.3 is 4.42 Å². The number of nitriles is 1. The van der Waals surface area contributed by atoms with E-state index in [1.54, 1.807) is 18.2 Å². The molecule has 0 atom stereocenters. The highest BCUT2D eigenvalue weighted by Crippen LogP contribution is 2.16. The van der Waals surface area contributed by atoms with Crippen molar-refractivity contribution in [1.82, 2.24) is 10.2 Å². The zero-order chi connectivity index (χ0) is 9.10. The van der Waals surface area contributed by atoms with Gasteiger partial charge in [0.1, 0.15) is 0 Å². The summed E-state index contributed by atoms with van der Waals surface area (Å²) in [5, 5.41) is 15.9. The molecule has 0 fully saturated rings. The normalized spacial score (nSPS) is 9.46. The third-order valence-corrected chi connectivity index (χ3v) is 1.60. The van der Waals surface area contributed by atoms with E-state index in [0.29, 0.717) is 11.5 Å². The fourth-order valence-electron chi connectivity index (χ4n) is 1.02. The third-order valence-electron chi connectivity index (χ3n) is 1.60. The van der Waals surface area contributed by atoms with Gasteiger partial charge in [0, 0.05) is 5.56 Å². The number of benzene rings is 1. The summed E-state index contributed by atoms with van der Waals surface area (Å²) in [7, 11) is 0. The molecule has 0 aliphatic carbocycles. The van der Waals surface area contributed by atoms with E-state index in [-0.39, 0.29) is 0 Å². The van der Waals surface area contributed by atoms with Crippen LogP contribution in [0.2, 0.25) is 0 Å². The number of rotatable bonds is 1. The smallest absolute Gasteiger partial charge is 0.247 e. The van der Waals surface area contributed by atoms with Crippen molar-refractivity contribution in [3.05, 3.63) is 36.2 Å². The lowest BCUT2D eigenvalue weighted by molar-refractivity contribution is 0.568. The van der Waals surface area contributed by atoms with Crippen LogP contribution in [0.3, 0.4) is 0 Å². The number of hydrogen-bond acceptors (Lipinski definition) is 4. The first-order chi connectivity index (χ1) is 6.40. The SMILES string of the molecule is N#Cc1cccc(-c2nnco2)c1. The van der Waals surface area contributed by atoms with E-state index in [1.165, 1.54) is 6.39 Å². The molecular weight excluding hydrogens is 166 g/mol. The molecule has 2 aromatic rings. The molecule has 0 bridgehead atoms. The van der Waals surface area contributed by atoms with Crippen LogP contribution in [-0.2, 0) is 0 Å². The van der Waals surface area contributed by atoms with Crippen LogP contribution in [0, 0.1) is 11.3 Å². The molecule has 62 valence electrons. The number of nitrogens with zero attached hydrogens (tertiary/aromatic N) is 3. The molecule has 0 aliphatic rings. The quantitative estimate of drug-likeness (QED) is 0.653. The van der Waals surface area contributed by atoms with Gasteiger partial charge in [-0.25, -0.2) is 0 Å². The first-order valence-electron chi connectivity index (χ1n) is 3.67. The molecule has 0 aliphatic heterocycles. The lowest BCUT2D eigenvalue weighted by Crippen LogP contribution is -1.79. The predicted molar refractivity (Wildman–Crippen MR) is 44.4 cm³/mol. The van der Waals surface area contributed by atoms with Gasteiger partial charge >= 0.3 is 0 Å². The summed E-state index contributed by atoms with van der Waals surface area (Å²) < 4.78 is 4.99. The van der Waals surface area contributed by atoms with Crippen LogP contribution < -0.4 is 0 Å². The van der Waals surface area contributed by atoms with Crippen LogP contribution in [-0.4, -0.2) is 10.2 Å². The lowest BCUT2D eigenvalue weighted by atomic mass is 10.1. The minimum absolute atomic E-state index is 0.428. The molecule has 4 heteroatoms. The molecule has 0 unspecified atom stereocenters. The molecule has 13 heavy (non-hydrogen) atoms. The summed E-state index contributed by atoms with van der Waals surface area (Å²) >= 11 is 0. The number of aromatic nitrogens is 2. The Labute approximate surface area is 74.4 Å². The van der Waals surface area contributed by atoms with Gasteiger partial charge in [0.15, 0.2) is 0 Å². The first kappa shape index (κ1) is 7.50. The van der Waals surface area contributed by atoms with Crippen molar-refractivity contribution in [3.8, 4) is 17.5 Å². The second-order valence-electron chi connectivity index (χ2n) is 2.44. The Hall–Kier alpha value is -2.15. The average Bonchev–Trinajstić information content (AvgIpc) is 2.71. The molecule has 2 rings (SSSR count). The van der Waals surface area contributed by atoms with E-state index in [9.17, 15) is 0 Å². The third kappa shape index (κ3) is 1.40. The predicted octanol–water partition coefficient (Wildman–Crippen LogP) is 1.61. The summed E-state index contributed by atoms with van der Waals surface area (Å²) in [5.41, 5.74) is 1.34. The summed E-state index contributed by atoms with van der Waals surface area (Å²) in [6.07, 6.45) is 1.26. The summed E-state index contributed by atoms with van der Waals surface area (Å²) in [6, 6.07) is 9.05. The zero-order valence-corrected chi connectivity index (χ0v) is 6.64. The second kappa shape index (κ2) is 3.07. The summed E-state index contributed by atoms with van der Waals surface area (Å²) in [6.45, 7) is 0. The zero-order valence-electron chi connectivity index (χ0n) is 6.64. The highest BCUT2D eigenvalue weighted by molar-refractivity contribution is 5.55. The molecule has 0 spiro atoms. The van der Waals surface area contributed by atoms with Crippen molar-refractivity contribution in [2.45, 2.75) is 0 Å². The Balaban J connectivity index is 2.49. The van der Waals surface area contributed by atoms with Crippen LogP contribution in [0.1, 0.15) is 5.56 Å². The molecule has 0 N–H and O–H groups in total. The average molecular weight is 171 g/mol. The highest BCUT2D eigenvalue weighted by Gasteiger charge is 2.02. The monoisotopic (exact) mass is 171 g/mol. The maximum absolute atomic E-state index is 8.64. The second-order valence-corrected chi connectivity index (χ2v) is 2.44. The Morgan fingerprint density at radius 3 is 3.00 bits per heavy atom. The summed E-state index contributed by atoms with van der Waals surface area (Å²) in [5.74, 6) is 0.428. The van der Waals surface area contributed by atoms with Gasteiger partial charge in [-0.15, -0.1) is 10.2 Å². The minimum Gasteiger partial charge on any atom is -0.423 e. The van der Waals surface area contributed by atoms with Crippen molar-refractivity contribution in [2.24, 2.45) is 0 Å². The Bertz CT molecular complexity index is 442. The van der Waals surface area contributed by atoms with Crippen LogP contribution in [0.5, 0.6) is 0 Å². The lowest BCUT2D eigenvalue weighted by Gasteiger charge is -1.93. The Morgan fingerprint density at radius 2 is 2.31 bits per heavy atom. The fourth-order valence-corrected chi connectivity index (χ4v) is 1.02. The standard InChI is InChI=1S/C9H5N3O/c10-5-7-2-1-3-8(4-7)9-12-11-6-13-9/h1-4,6H. The van der Waals surface area contributed by atoms with E-state index < -0.39 is 0 Å². The topological polar surface area (TPSA) is 62.7 Å². The minimum atomic E-state index is 0.428. The van der Waals surface area contributed by atoms with Crippen molar-refractivity contribution < 1.29 is 4.42 Å². The Kier molecular flexibility index (Phi) is 1.77. The van der Waals surface area contributed by atoms with Gasteiger partial charge in [0.2, 0.25) is 12.3 Å². The molecule has 0 radical (unpaired) electrons. The van der Waals surface area contributed by atoms with Crippen LogP contribution in [0.25, 0.3) is 11.5 Å². The molecule has 0 saturated carbocycles. The molecule has 0 amide bonds. The van der Waals surface area contributed by atoms with Crippen molar-refractivity contribution in [1.29, 1.82) is 5.26 Å². The molecule has 1 aromatic heterocycles. The number of hydrogen-bond donors (Lipinski definition) is 0. The first-order valence-corrected chi connectivity index (χ1v) is 3.67. The maximum atomic E-state index is 8.64. The Morgan fingerprint density at radius 1 is 1.38 bits per heavy atom. The van der Waals surface area contributed by atoms with Crippen molar-refractivity contribution in [2.75, 3.05) is 0 Å². The van der Waals surface area contributed by atoms with Crippen LogP contribution in [0.15, 0.2) is 35.1 Å².